The van der Waals surface area contributed by atoms with Gasteiger partial charge in [0.15, 0.2) is 0 Å². The molecule has 0 fully saturated rings. The molecule has 0 unspecified atom stereocenters. The monoisotopic (exact) mass is 637 g/mol. The molecule has 220 valence electrons. The van der Waals surface area contributed by atoms with E-state index < -0.39 is 28.5 Å². The number of nitrogens with zero attached hydrogens (tertiary/aromatic N) is 2. The number of para-hydroxylation sites is 1. The van der Waals surface area contributed by atoms with Crippen molar-refractivity contribution >= 4 is 62.3 Å². The Morgan fingerprint density at radius 2 is 1.61 bits per heavy atom. The van der Waals surface area contributed by atoms with E-state index in [4.69, 9.17) is 34.8 Å². The minimum atomic E-state index is -4.19. The van der Waals surface area contributed by atoms with E-state index in [1.54, 1.807) is 49.4 Å². The Labute approximate surface area is 257 Å². The van der Waals surface area contributed by atoms with Crippen molar-refractivity contribution in [3.05, 3.63) is 92.9 Å². The van der Waals surface area contributed by atoms with E-state index in [9.17, 15) is 18.0 Å². The second-order valence-electron chi connectivity index (χ2n) is 9.59. The van der Waals surface area contributed by atoms with Crippen LogP contribution < -0.4 is 9.62 Å². The van der Waals surface area contributed by atoms with Gasteiger partial charge in [0, 0.05) is 18.1 Å². The van der Waals surface area contributed by atoms with Crippen LogP contribution in [0.4, 0.5) is 5.69 Å². The lowest BCUT2D eigenvalue weighted by Crippen LogP contribution is -2.52. The van der Waals surface area contributed by atoms with Crippen LogP contribution in [0.5, 0.6) is 0 Å². The van der Waals surface area contributed by atoms with Gasteiger partial charge in [-0.15, -0.1) is 0 Å². The first-order valence-electron chi connectivity index (χ1n) is 13.3. The summed E-state index contributed by atoms with van der Waals surface area (Å²) in [6.07, 6.45) is 2.01. The molecule has 2 amide bonds. The van der Waals surface area contributed by atoms with E-state index in [2.05, 4.69) is 5.32 Å². The fourth-order valence-electron chi connectivity index (χ4n) is 4.35. The first-order chi connectivity index (χ1) is 19.5. The van der Waals surface area contributed by atoms with Crippen molar-refractivity contribution in [2.24, 2.45) is 0 Å². The first kappa shape index (κ1) is 32.7. The molecule has 11 heteroatoms. The topological polar surface area (TPSA) is 86.8 Å². The summed E-state index contributed by atoms with van der Waals surface area (Å²) in [6.45, 7) is 5.57. The van der Waals surface area contributed by atoms with E-state index in [1.807, 2.05) is 13.8 Å². The number of sulfonamides is 1. The third-order valence-electron chi connectivity index (χ3n) is 6.62. The van der Waals surface area contributed by atoms with Crippen LogP contribution in [0.15, 0.2) is 71.6 Å². The summed E-state index contributed by atoms with van der Waals surface area (Å²) >= 11 is 18.4. The number of carbonyl (C=O) groups excluding carboxylic acids is 2. The van der Waals surface area contributed by atoms with Crippen molar-refractivity contribution in [2.75, 3.05) is 17.4 Å². The second kappa shape index (κ2) is 14.9. The lowest BCUT2D eigenvalue weighted by molar-refractivity contribution is -0.140. The Bertz CT molecular complexity index is 1470. The number of nitrogens with one attached hydrogen (secondary N) is 1. The zero-order valence-electron chi connectivity index (χ0n) is 23.2. The lowest BCUT2D eigenvalue weighted by atomic mass is 10.1. The molecule has 0 aromatic heterocycles. The van der Waals surface area contributed by atoms with Crippen LogP contribution in [0.2, 0.25) is 15.1 Å². The number of rotatable bonds is 13. The standard InChI is InChI=1S/C30H34Cl3N3O4S/c1-4-6-17-34-30(38)27(5-2)35(19-22-11-16-25(32)26(33)18-22)29(37)20-36(28-10-8-7-9-21(28)3)41(39,40)24-14-12-23(31)13-15-24/h7-16,18,27H,4-6,17,19-20H2,1-3H3,(H,34,38)/t27-/m1/s1. The smallest absolute Gasteiger partial charge is 0.264 e. The van der Waals surface area contributed by atoms with Crippen molar-refractivity contribution in [2.45, 2.75) is 57.5 Å². The highest BCUT2D eigenvalue weighted by Crippen LogP contribution is 2.29. The minimum Gasteiger partial charge on any atom is -0.354 e. The summed E-state index contributed by atoms with van der Waals surface area (Å²) in [5.74, 6) is -0.855. The van der Waals surface area contributed by atoms with Crippen LogP contribution in [0, 0.1) is 6.92 Å². The molecule has 0 saturated heterocycles. The van der Waals surface area contributed by atoms with Gasteiger partial charge in [-0.25, -0.2) is 8.42 Å². The maximum absolute atomic E-state index is 14.1. The highest BCUT2D eigenvalue weighted by Gasteiger charge is 2.34. The zero-order chi connectivity index (χ0) is 30.2. The van der Waals surface area contributed by atoms with Crippen molar-refractivity contribution < 1.29 is 18.0 Å². The number of benzene rings is 3. The van der Waals surface area contributed by atoms with E-state index in [0.717, 1.165) is 17.1 Å². The molecular weight excluding hydrogens is 605 g/mol. The molecule has 0 spiro atoms. The van der Waals surface area contributed by atoms with Crippen LogP contribution in [0.1, 0.15) is 44.2 Å². The summed E-state index contributed by atoms with van der Waals surface area (Å²) < 4.78 is 29.0. The van der Waals surface area contributed by atoms with E-state index in [-0.39, 0.29) is 17.3 Å². The second-order valence-corrected chi connectivity index (χ2v) is 12.7. The molecule has 1 atom stereocenters. The number of halogens is 3. The van der Waals surface area contributed by atoms with E-state index in [1.165, 1.54) is 29.2 Å². The van der Waals surface area contributed by atoms with Crippen LogP contribution in [-0.4, -0.2) is 44.3 Å². The summed E-state index contributed by atoms with van der Waals surface area (Å²) in [6, 6.07) is 16.8. The number of carbonyl (C=O) groups is 2. The van der Waals surface area contributed by atoms with Crippen LogP contribution in [0.25, 0.3) is 0 Å². The predicted octanol–water partition coefficient (Wildman–Crippen LogP) is 6.87. The Hall–Kier alpha value is -2.78. The summed E-state index contributed by atoms with van der Waals surface area (Å²) in [4.78, 5) is 28.8. The van der Waals surface area contributed by atoms with Gasteiger partial charge >= 0.3 is 0 Å². The molecule has 0 radical (unpaired) electrons. The van der Waals surface area contributed by atoms with Crippen molar-refractivity contribution in [1.29, 1.82) is 0 Å². The van der Waals surface area contributed by atoms with Gasteiger partial charge in [-0.2, -0.15) is 0 Å². The molecule has 1 N–H and O–H groups in total. The summed E-state index contributed by atoms with van der Waals surface area (Å²) in [7, 11) is -4.19. The molecule has 3 rings (SSSR count). The molecule has 3 aromatic carbocycles. The third kappa shape index (κ3) is 8.38. The molecule has 3 aromatic rings. The fourth-order valence-corrected chi connectivity index (χ4v) is 6.28. The summed E-state index contributed by atoms with van der Waals surface area (Å²) in [5, 5.41) is 3.96. The Balaban J connectivity index is 2.06. The van der Waals surface area contributed by atoms with Gasteiger partial charge in [0.1, 0.15) is 12.6 Å². The van der Waals surface area contributed by atoms with Crippen LogP contribution in [-0.2, 0) is 26.2 Å². The van der Waals surface area contributed by atoms with Gasteiger partial charge in [0.25, 0.3) is 10.0 Å². The third-order valence-corrected chi connectivity index (χ3v) is 9.38. The first-order valence-corrected chi connectivity index (χ1v) is 15.9. The largest absolute Gasteiger partial charge is 0.354 e. The predicted molar refractivity (Wildman–Crippen MR) is 166 cm³/mol. The number of anilines is 1. The van der Waals surface area contributed by atoms with E-state index >= 15 is 0 Å². The molecule has 0 aliphatic carbocycles. The maximum atomic E-state index is 14.1. The number of hydrogen-bond acceptors (Lipinski definition) is 4. The fraction of sp³-hybridized carbons (Fsp3) is 0.333. The van der Waals surface area contributed by atoms with E-state index in [0.29, 0.717) is 44.8 Å². The van der Waals surface area contributed by atoms with Gasteiger partial charge in [-0.1, -0.05) is 79.3 Å². The quantitative estimate of drug-likeness (QED) is 0.207. The minimum absolute atomic E-state index is 0.0154. The Kier molecular flexibility index (Phi) is 11.9. The average Bonchev–Trinajstić information content (AvgIpc) is 2.94. The number of aryl methyl sites for hydroxylation is 1. The van der Waals surface area contributed by atoms with Gasteiger partial charge in [0.2, 0.25) is 11.8 Å². The normalized spacial score (nSPS) is 12.0. The molecule has 0 aliphatic heterocycles. The summed E-state index contributed by atoms with van der Waals surface area (Å²) in [5.41, 5.74) is 1.67. The van der Waals surface area contributed by atoms with Crippen LogP contribution in [0.3, 0.4) is 0 Å². The maximum Gasteiger partial charge on any atom is 0.264 e. The SMILES string of the molecule is CCCCNC(=O)[C@@H](CC)N(Cc1ccc(Cl)c(Cl)c1)C(=O)CN(c1ccccc1C)S(=O)(=O)c1ccc(Cl)cc1. The van der Waals surface area contributed by atoms with Crippen LogP contribution >= 0.6 is 34.8 Å². The zero-order valence-corrected chi connectivity index (χ0v) is 26.3. The van der Waals surface area contributed by atoms with Crippen molar-refractivity contribution in [3.63, 3.8) is 0 Å². The van der Waals surface area contributed by atoms with Crippen molar-refractivity contribution in [3.8, 4) is 0 Å². The lowest BCUT2D eigenvalue weighted by Gasteiger charge is -2.33. The molecule has 0 heterocycles. The molecule has 0 saturated carbocycles. The molecule has 0 aliphatic rings. The molecule has 41 heavy (non-hydrogen) atoms. The number of amides is 2. The highest BCUT2D eigenvalue weighted by atomic mass is 35.5. The molecule has 7 nitrogen and oxygen atoms in total. The molecular formula is C30H34Cl3N3O4S. The highest BCUT2D eigenvalue weighted by molar-refractivity contribution is 7.92. The van der Waals surface area contributed by atoms with Gasteiger partial charge < -0.3 is 10.2 Å². The Morgan fingerprint density at radius 3 is 2.22 bits per heavy atom. The Morgan fingerprint density at radius 1 is 0.927 bits per heavy atom. The van der Waals surface area contributed by atoms with Crippen molar-refractivity contribution in [1.82, 2.24) is 10.2 Å². The van der Waals surface area contributed by atoms with Gasteiger partial charge in [-0.3, -0.25) is 13.9 Å². The number of hydrogen-bond donors (Lipinski definition) is 1. The van der Waals surface area contributed by atoms with Gasteiger partial charge in [0.05, 0.1) is 20.6 Å². The molecule has 0 bridgehead atoms. The van der Waals surface area contributed by atoms with Gasteiger partial charge in [-0.05, 0) is 73.4 Å². The average molecular weight is 639 g/mol. The number of unbranched alkanes of at least 4 members (excludes halogenated alkanes) is 1.